The van der Waals surface area contributed by atoms with E-state index in [1.165, 1.54) is 5.69 Å². The van der Waals surface area contributed by atoms with E-state index in [2.05, 4.69) is 33.4 Å². The lowest BCUT2D eigenvalue weighted by molar-refractivity contribution is -0.130. The number of amides is 2. The second-order valence-corrected chi connectivity index (χ2v) is 9.04. The minimum Gasteiger partial charge on any atom is -0.371 e. The number of rotatable bonds is 4. The van der Waals surface area contributed by atoms with Gasteiger partial charge in [-0.25, -0.2) is 4.98 Å². The standard InChI is InChI=1S/C23H25ClN4O2/c24-19-3-5-20(6-4-19)27-11-17-13-28(14-18(17)12-27)22(30)8-1-15-9-16-2-7-21(29)26-23(16)25-10-15/h3-6,9-10,17-18H,1-2,7-8,11-14H2,(H,25,26,29)/t17-,18+. The first-order chi connectivity index (χ1) is 14.5. The summed E-state index contributed by atoms with van der Waals surface area (Å²) in [7, 11) is 0. The van der Waals surface area contributed by atoms with E-state index in [0.29, 0.717) is 36.9 Å². The topological polar surface area (TPSA) is 65.5 Å². The number of pyridine rings is 1. The van der Waals surface area contributed by atoms with Gasteiger partial charge < -0.3 is 15.1 Å². The first-order valence-corrected chi connectivity index (χ1v) is 11.0. The highest BCUT2D eigenvalue weighted by atomic mass is 35.5. The van der Waals surface area contributed by atoms with Crippen LogP contribution in [0.25, 0.3) is 0 Å². The number of hydrogen-bond acceptors (Lipinski definition) is 4. The van der Waals surface area contributed by atoms with Gasteiger partial charge in [-0.1, -0.05) is 17.7 Å². The highest BCUT2D eigenvalue weighted by Gasteiger charge is 2.41. The Morgan fingerprint density at radius 1 is 1.10 bits per heavy atom. The molecule has 3 aliphatic rings. The van der Waals surface area contributed by atoms with Crippen molar-refractivity contribution in [1.29, 1.82) is 0 Å². The number of anilines is 2. The van der Waals surface area contributed by atoms with Crippen molar-refractivity contribution >= 4 is 34.9 Å². The Morgan fingerprint density at radius 2 is 1.83 bits per heavy atom. The minimum absolute atomic E-state index is 0.0205. The van der Waals surface area contributed by atoms with Crippen LogP contribution in [0.4, 0.5) is 11.5 Å². The van der Waals surface area contributed by atoms with Crippen LogP contribution >= 0.6 is 11.6 Å². The summed E-state index contributed by atoms with van der Waals surface area (Å²) in [5.41, 5.74) is 3.34. The average molecular weight is 425 g/mol. The zero-order valence-corrected chi connectivity index (χ0v) is 17.6. The minimum atomic E-state index is 0.0205. The maximum absolute atomic E-state index is 12.8. The molecule has 2 fully saturated rings. The van der Waals surface area contributed by atoms with Gasteiger partial charge in [-0.2, -0.15) is 0 Å². The molecule has 1 N–H and O–H groups in total. The van der Waals surface area contributed by atoms with E-state index in [0.717, 1.165) is 48.7 Å². The summed E-state index contributed by atoms with van der Waals surface area (Å²) in [4.78, 5) is 33.1. The van der Waals surface area contributed by atoms with Crippen LogP contribution < -0.4 is 10.2 Å². The third kappa shape index (κ3) is 3.88. The van der Waals surface area contributed by atoms with Crippen LogP contribution in [0.15, 0.2) is 36.5 Å². The molecule has 2 amide bonds. The lowest BCUT2D eigenvalue weighted by Crippen LogP contribution is -2.33. The van der Waals surface area contributed by atoms with Crippen LogP contribution in [-0.4, -0.2) is 47.9 Å². The number of carbonyl (C=O) groups is 2. The molecule has 7 heteroatoms. The molecule has 0 bridgehead atoms. The monoisotopic (exact) mass is 424 g/mol. The van der Waals surface area contributed by atoms with Crippen LogP contribution in [-0.2, 0) is 22.4 Å². The normalized spacial score (nSPS) is 22.6. The molecule has 2 saturated heterocycles. The summed E-state index contributed by atoms with van der Waals surface area (Å²) in [6.07, 6.45) is 4.19. The molecule has 2 atom stereocenters. The van der Waals surface area contributed by atoms with Gasteiger partial charge in [0.1, 0.15) is 5.82 Å². The van der Waals surface area contributed by atoms with E-state index in [1.54, 1.807) is 6.20 Å². The molecule has 0 unspecified atom stereocenters. The summed E-state index contributed by atoms with van der Waals surface area (Å²) in [5, 5.41) is 3.56. The Bertz CT molecular complexity index is 964. The van der Waals surface area contributed by atoms with Gasteiger partial charge in [0, 0.05) is 67.8 Å². The molecule has 1 aromatic heterocycles. The molecule has 5 rings (SSSR count). The van der Waals surface area contributed by atoms with E-state index >= 15 is 0 Å². The van der Waals surface area contributed by atoms with Gasteiger partial charge in [0.15, 0.2) is 0 Å². The Morgan fingerprint density at radius 3 is 2.57 bits per heavy atom. The van der Waals surface area contributed by atoms with Crippen molar-refractivity contribution in [2.75, 3.05) is 36.4 Å². The summed E-state index contributed by atoms with van der Waals surface area (Å²) >= 11 is 6.00. The largest absolute Gasteiger partial charge is 0.371 e. The van der Waals surface area contributed by atoms with E-state index in [4.69, 9.17) is 11.6 Å². The highest BCUT2D eigenvalue weighted by molar-refractivity contribution is 6.30. The molecular weight excluding hydrogens is 400 g/mol. The number of aromatic nitrogens is 1. The quantitative estimate of drug-likeness (QED) is 0.818. The fourth-order valence-electron chi connectivity index (χ4n) is 4.91. The van der Waals surface area contributed by atoms with Crippen molar-refractivity contribution in [3.63, 3.8) is 0 Å². The number of aryl methyl sites for hydroxylation is 2. The smallest absolute Gasteiger partial charge is 0.225 e. The molecule has 156 valence electrons. The maximum Gasteiger partial charge on any atom is 0.225 e. The first kappa shape index (κ1) is 19.4. The number of benzene rings is 1. The van der Waals surface area contributed by atoms with Crippen molar-refractivity contribution < 1.29 is 9.59 Å². The number of halogens is 1. The third-order valence-corrected chi connectivity index (χ3v) is 6.81. The molecule has 0 saturated carbocycles. The van der Waals surface area contributed by atoms with Gasteiger partial charge in [0.05, 0.1) is 0 Å². The zero-order valence-electron chi connectivity index (χ0n) is 16.8. The Labute approximate surface area is 181 Å². The molecule has 6 nitrogen and oxygen atoms in total. The molecule has 0 radical (unpaired) electrons. The maximum atomic E-state index is 12.8. The fraction of sp³-hybridized carbons (Fsp3) is 0.435. The van der Waals surface area contributed by atoms with Crippen LogP contribution in [0, 0.1) is 11.8 Å². The summed E-state index contributed by atoms with van der Waals surface area (Å²) < 4.78 is 0. The number of nitrogens with zero attached hydrogens (tertiary/aromatic N) is 3. The van der Waals surface area contributed by atoms with E-state index in [1.807, 2.05) is 17.0 Å². The SMILES string of the molecule is O=C1CCc2cc(CCC(=O)N3C[C@@H]4CN(c5ccc(Cl)cc5)C[C@@H]4C3)cnc2N1. The Kier molecular flexibility index (Phi) is 5.11. The molecule has 0 spiro atoms. The van der Waals surface area contributed by atoms with E-state index in [-0.39, 0.29) is 11.8 Å². The lowest BCUT2D eigenvalue weighted by Gasteiger charge is -2.23. The Balaban J connectivity index is 1.14. The first-order valence-electron chi connectivity index (χ1n) is 10.6. The van der Waals surface area contributed by atoms with Crippen LogP contribution in [0.1, 0.15) is 24.0 Å². The van der Waals surface area contributed by atoms with Crippen LogP contribution in [0.5, 0.6) is 0 Å². The Hall–Kier alpha value is -2.60. The number of nitrogens with one attached hydrogen (secondary N) is 1. The molecule has 4 heterocycles. The van der Waals surface area contributed by atoms with Gasteiger partial charge in [-0.15, -0.1) is 0 Å². The second-order valence-electron chi connectivity index (χ2n) is 8.60. The summed E-state index contributed by atoms with van der Waals surface area (Å²) in [5.74, 6) is 2.00. The zero-order chi connectivity index (χ0) is 20.7. The van der Waals surface area contributed by atoms with Crippen LogP contribution in [0.3, 0.4) is 0 Å². The summed E-state index contributed by atoms with van der Waals surface area (Å²) in [6.45, 7) is 3.69. The third-order valence-electron chi connectivity index (χ3n) is 6.56. The van der Waals surface area contributed by atoms with Gasteiger partial charge in [-0.3, -0.25) is 9.59 Å². The van der Waals surface area contributed by atoms with Gasteiger partial charge >= 0.3 is 0 Å². The van der Waals surface area contributed by atoms with Gasteiger partial charge in [0.25, 0.3) is 0 Å². The van der Waals surface area contributed by atoms with E-state index in [9.17, 15) is 9.59 Å². The predicted molar refractivity (Wildman–Crippen MR) is 117 cm³/mol. The van der Waals surface area contributed by atoms with Crippen molar-refractivity contribution in [3.05, 3.63) is 52.7 Å². The van der Waals surface area contributed by atoms with E-state index < -0.39 is 0 Å². The van der Waals surface area contributed by atoms with Crippen molar-refractivity contribution in [1.82, 2.24) is 9.88 Å². The predicted octanol–water partition coefficient (Wildman–Crippen LogP) is 3.15. The van der Waals surface area contributed by atoms with Crippen molar-refractivity contribution in [3.8, 4) is 0 Å². The number of carbonyl (C=O) groups excluding carboxylic acids is 2. The number of fused-ring (bicyclic) bond motifs is 2. The van der Waals surface area contributed by atoms with Gasteiger partial charge in [0.2, 0.25) is 11.8 Å². The molecule has 3 aliphatic heterocycles. The fourth-order valence-corrected chi connectivity index (χ4v) is 5.04. The van der Waals surface area contributed by atoms with Crippen molar-refractivity contribution in [2.45, 2.75) is 25.7 Å². The van der Waals surface area contributed by atoms with Gasteiger partial charge in [-0.05, 0) is 48.2 Å². The highest BCUT2D eigenvalue weighted by Crippen LogP contribution is 2.34. The number of hydrogen-bond donors (Lipinski definition) is 1. The molecular formula is C23H25ClN4O2. The second kappa shape index (κ2) is 7.91. The molecule has 1 aromatic carbocycles. The molecule has 0 aliphatic carbocycles. The average Bonchev–Trinajstić information content (AvgIpc) is 3.32. The number of likely N-dealkylation sites (tertiary alicyclic amines) is 1. The molecule has 2 aromatic rings. The summed E-state index contributed by atoms with van der Waals surface area (Å²) in [6, 6.07) is 10.1. The lowest BCUT2D eigenvalue weighted by atomic mass is 10.0. The van der Waals surface area contributed by atoms with Crippen LogP contribution in [0.2, 0.25) is 5.02 Å². The van der Waals surface area contributed by atoms with Crippen molar-refractivity contribution in [2.24, 2.45) is 11.8 Å². The molecule has 30 heavy (non-hydrogen) atoms.